The van der Waals surface area contributed by atoms with E-state index in [1.807, 2.05) is 67.6 Å². The monoisotopic (exact) mass is 1000 g/mol. The van der Waals surface area contributed by atoms with Crippen molar-refractivity contribution in [3.05, 3.63) is 170 Å². The number of hydrogen-bond donors (Lipinski definition) is 3. The molecule has 0 bridgehead atoms. The molecule has 5 heterocycles. The lowest BCUT2D eigenvalue weighted by Gasteiger charge is -2.20. The Kier molecular flexibility index (Phi) is 18.0. The van der Waals surface area contributed by atoms with E-state index in [9.17, 15) is 24.0 Å². The number of aromatic nitrogens is 7. The minimum atomic E-state index is -0.506. The van der Waals surface area contributed by atoms with E-state index in [0.29, 0.717) is 102 Å². The average molecular weight is 1000 g/mol. The second-order valence-corrected chi connectivity index (χ2v) is 16.7. The van der Waals surface area contributed by atoms with Gasteiger partial charge in [-0.2, -0.15) is 0 Å². The summed E-state index contributed by atoms with van der Waals surface area (Å²) in [6, 6.07) is 25.8. The number of aryl methyl sites for hydroxylation is 3. The number of hydrogen-bond acceptors (Lipinski definition) is 14. The van der Waals surface area contributed by atoms with Crippen LogP contribution >= 0.6 is 0 Å². The highest BCUT2D eigenvalue weighted by Gasteiger charge is 2.18. The molecule has 0 atom stereocenters. The van der Waals surface area contributed by atoms with Crippen LogP contribution in [0, 0.1) is 6.92 Å². The van der Waals surface area contributed by atoms with Crippen molar-refractivity contribution in [2.45, 2.75) is 39.2 Å². The SMILES string of the molecule is COc1ccc(CCN(C=O)/C(CCNC(=O)c2cn(C)[nH]c2=O)=N\c2ncccc2C)cc1OC.COc1ccc(CCn2c(CCNC(=O)c3cccc4cnccc34)nc3ncccc3c2=O)cc1OC. The third kappa shape index (κ3) is 13.0. The van der Waals surface area contributed by atoms with Crippen molar-refractivity contribution in [2.24, 2.45) is 12.0 Å². The summed E-state index contributed by atoms with van der Waals surface area (Å²) < 4.78 is 24.5. The number of pyridine rings is 3. The number of carbonyl (C=O) groups excluding carboxylic acids is 3. The number of amides is 3. The topological polar surface area (TPSA) is 239 Å². The van der Waals surface area contributed by atoms with Crippen LogP contribution in [-0.4, -0.2) is 111 Å². The Morgan fingerprint density at radius 2 is 1.42 bits per heavy atom. The highest BCUT2D eigenvalue weighted by Crippen LogP contribution is 2.29. The van der Waals surface area contributed by atoms with Crippen LogP contribution in [0.3, 0.4) is 0 Å². The summed E-state index contributed by atoms with van der Waals surface area (Å²) in [5.41, 5.74) is 3.13. The molecule has 0 fully saturated rings. The lowest BCUT2D eigenvalue weighted by Crippen LogP contribution is -2.36. The fourth-order valence-corrected chi connectivity index (χ4v) is 8.06. The average Bonchev–Trinajstić information content (AvgIpc) is 3.78. The van der Waals surface area contributed by atoms with Crippen molar-refractivity contribution >= 4 is 51.7 Å². The Morgan fingerprint density at radius 1 is 0.743 bits per heavy atom. The molecule has 3 N–H and O–H groups in total. The number of nitrogens with one attached hydrogen (secondary N) is 3. The molecule has 3 amide bonds. The summed E-state index contributed by atoms with van der Waals surface area (Å²) in [4.78, 5) is 86.3. The van der Waals surface area contributed by atoms with Gasteiger partial charge in [-0.15, -0.1) is 0 Å². The van der Waals surface area contributed by atoms with Crippen LogP contribution in [0.25, 0.3) is 21.8 Å². The van der Waals surface area contributed by atoms with E-state index >= 15 is 0 Å². The lowest BCUT2D eigenvalue weighted by molar-refractivity contribution is -0.114. The van der Waals surface area contributed by atoms with Crippen molar-refractivity contribution < 1.29 is 33.3 Å². The fourth-order valence-electron chi connectivity index (χ4n) is 8.06. The molecule has 0 aliphatic heterocycles. The number of aliphatic imine (C=N–C) groups is 1. The van der Waals surface area contributed by atoms with Gasteiger partial charge in [0.2, 0.25) is 6.41 Å². The van der Waals surface area contributed by atoms with Crippen LogP contribution in [0.15, 0.2) is 130 Å². The van der Waals surface area contributed by atoms with E-state index in [4.69, 9.17) is 18.9 Å². The van der Waals surface area contributed by atoms with Crippen molar-refractivity contribution in [1.29, 1.82) is 0 Å². The molecule has 0 saturated heterocycles. The third-order valence-electron chi connectivity index (χ3n) is 11.9. The highest BCUT2D eigenvalue weighted by atomic mass is 16.5. The third-order valence-corrected chi connectivity index (χ3v) is 11.9. The van der Waals surface area contributed by atoms with Gasteiger partial charge in [0.05, 0.1) is 33.8 Å². The first-order chi connectivity index (χ1) is 35.9. The molecule has 20 heteroatoms. The predicted octanol–water partition coefficient (Wildman–Crippen LogP) is 5.56. The predicted molar refractivity (Wildman–Crippen MR) is 280 cm³/mol. The van der Waals surface area contributed by atoms with Crippen molar-refractivity contribution in [2.75, 3.05) is 48.1 Å². The number of aromatic amines is 1. The Labute approximate surface area is 426 Å². The second kappa shape index (κ2) is 25.3. The zero-order valence-electron chi connectivity index (χ0n) is 42.0. The van der Waals surface area contributed by atoms with Crippen LogP contribution in [0.5, 0.6) is 23.0 Å². The van der Waals surface area contributed by atoms with E-state index < -0.39 is 11.5 Å². The van der Waals surface area contributed by atoms with Gasteiger partial charge in [-0.25, -0.2) is 19.9 Å². The standard InChI is InChI=1S/C29H27N5O4.C25H30N6O5/c1-37-24-9-8-19(17-25(24)38-2)12-16-34-26(33-27-23(29(34)36)7-4-13-31-27)11-15-32-28(35)22-6-3-5-20-18-30-14-10-21(20)22;1-17-6-5-11-26-23(17)28-22(9-12-27-24(33)19-15-30(2)29-25(19)34)31(16-32)13-10-18-7-8-20(35-3)21(14-18)36-4/h3-10,13-14,17-18H,11-12,15-16H2,1-2H3,(H,32,35);5-8,11,14-16H,9-10,12-13H2,1-4H3,(H,27,33)(H,29,34)/b;28-22-. The smallest absolute Gasteiger partial charge is 0.276 e. The molecule has 8 aromatic rings. The molecule has 74 heavy (non-hydrogen) atoms. The number of amidine groups is 1. The molecule has 0 aliphatic carbocycles. The summed E-state index contributed by atoms with van der Waals surface area (Å²) in [6.07, 6.45) is 10.5. The normalized spacial score (nSPS) is 11.1. The molecule has 20 nitrogen and oxygen atoms in total. The largest absolute Gasteiger partial charge is 0.493 e. The summed E-state index contributed by atoms with van der Waals surface area (Å²) in [5.74, 6) is 3.28. The quantitative estimate of drug-likeness (QED) is 0.0482. The van der Waals surface area contributed by atoms with Gasteiger partial charge >= 0.3 is 0 Å². The molecular formula is C54H57N11O9. The van der Waals surface area contributed by atoms with E-state index in [1.165, 1.54) is 15.8 Å². The number of benzene rings is 3. The maximum Gasteiger partial charge on any atom is 0.276 e. The van der Waals surface area contributed by atoms with Crippen molar-refractivity contribution in [3.63, 3.8) is 0 Å². The Hall–Kier alpha value is -9.20. The second-order valence-electron chi connectivity index (χ2n) is 16.7. The molecule has 382 valence electrons. The maximum absolute atomic E-state index is 13.4. The van der Waals surface area contributed by atoms with Crippen LogP contribution in [0.1, 0.15) is 49.7 Å². The molecule has 3 aromatic carbocycles. The Bertz CT molecular complexity index is 3420. The van der Waals surface area contributed by atoms with Gasteiger partial charge in [-0.05, 0) is 96.4 Å². The lowest BCUT2D eigenvalue weighted by atomic mass is 10.1. The minimum absolute atomic E-state index is 0.0113. The van der Waals surface area contributed by atoms with E-state index in [-0.39, 0.29) is 30.0 Å². The van der Waals surface area contributed by atoms with Gasteiger partial charge in [0, 0.05) is 88.0 Å². The van der Waals surface area contributed by atoms with E-state index in [0.717, 1.165) is 27.5 Å². The number of fused-ring (bicyclic) bond motifs is 2. The fraction of sp³-hybridized carbons (Fsp3) is 0.259. The van der Waals surface area contributed by atoms with Gasteiger partial charge in [0.15, 0.2) is 34.5 Å². The van der Waals surface area contributed by atoms with E-state index in [1.54, 1.807) is 89.1 Å². The number of ether oxygens (including phenoxy) is 4. The Morgan fingerprint density at radius 3 is 2.09 bits per heavy atom. The molecule has 5 aromatic heterocycles. The molecule has 0 radical (unpaired) electrons. The highest BCUT2D eigenvalue weighted by molar-refractivity contribution is 6.06. The summed E-state index contributed by atoms with van der Waals surface area (Å²) in [6.45, 7) is 3.10. The number of rotatable bonds is 20. The van der Waals surface area contributed by atoms with Gasteiger partial charge in [0.25, 0.3) is 22.9 Å². The Balaban J connectivity index is 0.000000217. The van der Waals surface area contributed by atoms with Gasteiger partial charge in [0.1, 0.15) is 17.2 Å². The zero-order chi connectivity index (χ0) is 52.6. The van der Waals surface area contributed by atoms with Crippen LogP contribution in [0.4, 0.5) is 5.82 Å². The molecule has 8 rings (SSSR count). The number of H-pyrrole nitrogens is 1. The molecular weight excluding hydrogens is 947 g/mol. The molecule has 0 aliphatic rings. The minimum Gasteiger partial charge on any atom is -0.493 e. The summed E-state index contributed by atoms with van der Waals surface area (Å²) in [5, 5.41) is 10.4. The first kappa shape index (κ1) is 52.6. The van der Waals surface area contributed by atoms with E-state index in [2.05, 4.69) is 40.7 Å². The maximum atomic E-state index is 13.4. The summed E-state index contributed by atoms with van der Waals surface area (Å²) in [7, 11) is 7.94. The van der Waals surface area contributed by atoms with Gasteiger partial charge < -0.3 is 34.5 Å². The summed E-state index contributed by atoms with van der Waals surface area (Å²) >= 11 is 0. The number of methoxy groups -OCH3 is 4. The van der Waals surface area contributed by atoms with Crippen molar-refractivity contribution in [1.82, 2.24) is 49.8 Å². The van der Waals surface area contributed by atoms with Crippen LogP contribution < -0.4 is 40.7 Å². The van der Waals surface area contributed by atoms with Crippen LogP contribution in [-0.2, 0) is 37.6 Å². The molecule has 0 saturated carbocycles. The van der Waals surface area contributed by atoms with Crippen molar-refractivity contribution in [3.8, 4) is 23.0 Å². The van der Waals surface area contributed by atoms with Gasteiger partial charge in [-0.3, -0.25) is 43.3 Å². The molecule has 0 spiro atoms. The number of nitrogens with zero attached hydrogens (tertiary/aromatic N) is 8. The first-order valence-electron chi connectivity index (χ1n) is 23.6. The number of carbonyl (C=O) groups is 3. The molecule has 0 unspecified atom stereocenters. The zero-order valence-corrected chi connectivity index (χ0v) is 42.0. The van der Waals surface area contributed by atoms with Gasteiger partial charge in [-0.1, -0.05) is 30.3 Å². The first-order valence-corrected chi connectivity index (χ1v) is 23.6. The van der Waals surface area contributed by atoms with Crippen LogP contribution in [0.2, 0.25) is 0 Å².